The van der Waals surface area contributed by atoms with E-state index >= 15 is 0 Å². The van der Waals surface area contributed by atoms with Gasteiger partial charge in [0.25, 0.3) is 0 Å². The van der Waals surface area contributed by atoms with Crippen LogP contribution in [0.1, 0.15) is 11.4 Å². The Balaban J connectivity index is 1.46. The molecule has 0 saturated heterocycles. The smallest absolute Gasteiger partial charge is 0.412 e. The van der Waals surface area contributed by atoms with Crippen molar-refractivity contribution in [1.82, 2.24) is 9.97 Å². The van der Waals surface area contributed by atoms with Gasteiger partial charge in [0.15, 0.2) is 6.61 Å². The molecular weight excluding hydrogens is 334 g/mol. The Bertz CT molecular complexity index is 1140. The molecular formula is C19H15N3O4. The number of anilines is 1. The molecule has 7 heteroatoms. The summed E-state index contributed by atoms with van der Waals surface area (Å²) in [6, 6.07) is 14.1. The number of nitrogens with one attached hydrogen (secondary N) is 2. The quantitative estimate of drug-likeness (QED) is 0.549. The minimum atomic E-state index is -0.625. The lowest BCUT2D eigenvalue weighted by atomic mass is 10.1. The first kappa shape index (κ1) is 15.9. The summed E-state index contributed by atoms with van der Waals surface area (Å²) in [6.07, 6.45) is -0.625. The lowest BCUT2D eigenvalue weighted by Gasteiger charge is -2.07. The number of fused-ring (bicyclic) bond motifs is 2. The second-order valence-corrected chi connectivity index (χ2v) is 5.86. The van der Waals surface area contributed by atoms with Crippen molar-refractivity contribution in [1.29, 1.82) is 0 Å². The Labute approximate surface area is 147 Å². The van der Waals surface area contributed by atoms with Gasteiger partial charge in [-0.05, 0) is 36.8 Å². The molecule has 0 aliphatic rings. The standard InChI is InChI=1S/C19H15N3O4/c1-11-8-18(23)26-16-9-12(6-7-13(11)16)20-19(24)25-10-17-21-14-4-2-3-5-15(14)22-17/h2-9H,10H2,1H3,(H,20,24)(H,21,22). The number of amides is 1. The average Bonchev–Trinajstić information content (AvgIpc) is 3.02. The molecule has 0 unspecified atom stereocenters. The Morgan fingerprint density at radius 3 is 2.92 bits per heavy atom. The lowest BCUT2D eigenvalue weighted by Crippen LogP contribution is -2.14. The van der Waals surface area contributed by atoms with E-state index < -0.39 is 11.7 Å². The predicted octanol–water partition coefficient (Wildman–Crippen LogP) is 3.73. The number of rotatable bonds is 3. The van der Waals surface area contributed by atoms with Crippen molar-refractivity contribution >= 4 is 33.8 Å². The molecule has 0 bridgehead atoms. The van der Waals surface area contributed by atoms with Gasteiger partial charge in [0.1, 0.15) is 11.4 Å². The van der Waals surface area contributed by atoms with Crippen LogP contribution in [-0.2, 0) is 11.3 Å². The third kappa shape index (κ3) is 3.14. The molecule has 2 heterocycles. The van der Waals surface area contributed by atoms with E-state index in [0.29, 0.717) is 17.1 Å². The Morgan fingerprint density at radius 1 is 1.23 bits per heavy atom. The molecule has 0 saturated carbocycles. The highest BCUT2D eigenvalue weighted by atomic mass is 16.5. The summed E-state index contributed by atoms with van der Waals surface area (Å²) in [5, 5.41) is 3.42. The van der Waals surface area contributed by atoms with Crippen molar-refractivity contribution in [3.63, 3.8) is 0 Å². The van der Waals surface area contributed by atoms with Gasteiger partial charge in [-0.2, -0.15) is 0 Å². The van der Waals surface area contributed by atoms with Crippen molar-refractivity contribution < 1.29 is 13.9 Å². The topological polar surface area (TPSA) is 97.2 Å². The summed E-state index contributed by atoms with van der Waals surface area (Å²) in [5.74, 6) is 0.557. The van der Waals surface area contributed by atoms with Crippen LogP contribution in [0.25, 0.3) is 22.0 Å². The molecule has 1 amide bonds. The summed E-state index contributed by atoms with van der Waals surface area (Å²) in [4.78, 5) is 30.9. The molecule has 2 aromatic carbocycles. The molecule has 130 valence electrons. The molecule has 2 N–H and O–H groups in total. The van der Waals surface area contributed by atoms with Crippen LogP contribution >= 0.6 is 0 Å². The summed E-state index contributed by atoms with van der Waals surface area (Å²) in [6.45, 7) is 1.84. The molecule has 7 nitrogen and oxygen atoms in total. The molecule has 4 rings (SSSR count). The fourth-order valence-corrected chi connectivity index (χ4v) is 2.76. The SMILES string of the molecule is Cc1cc(=O)oc2cc(NC(=O)OCc3nc4ccccc4[nH]3)ccc12. The van der Waals surface area contributed by atoms with Crippen LogP contribution in [0, 0.1) is 6.92 Å². The number of aromatic nitrogens is 2. The minimum absolute atomic E-state index is 0.0162. The Kier molecular flexibility index (Phi) is 3.89. The van der Waals surface area contributed by atoms with Crippen LogP contribution in [0.5, 0.6) is 0 Å². The summed E-state index contributed by atoms with van der Waals surface area (Å²) >= 11 is 0. The molecule has 0 spiro atoms. The van der Waals surface area contributed by atoms with Gasteiger partial charge in [0, 0.05) is 23.2 Å². The highest BCUT2D eigenvalue weighted by Crippen LogP contribution is 2.21. The van der Waals surface area contributed by atoms with E-state index in [1.54, 1.807) is 18.2 Å². The summed E-state index contributed by atoms with van der Waals surface area (Å²) in [5.41, 5.74) is 2.96. The first-order chi connectivity index (χ1) is 12.6. The molecule has 0 fully saturated rings. The van der Waals surface area contributed by atoms with E-state index in [4.69, 9.17) is 9.15 Å². The van der Waals surface area contributed by atoms with Crippen molar-refractivity contribution in [3.05, 3.63) is 70.3 Å². The number of nitrogens with zero attached hydrogens (tertiary/aromatic N) is 1. The van der Waals surface area contributed by atoms with Gasteiger partial charge in [-0.3, -0.25) is 5.32 Å². The number of aromatic amines is 1. The molecule has 0 aliphatic heterocycles. The van der Waals surface area contributed by atoms with Gasteiger partial charge in [-0.25, -0.2) is 14.6 Å². The number of benzene rings is 2. The highest BCUT2D eigenvalue weighted by molar-refractivity contribution is 5.89. The van der Waals surface area contributed by atoms with Crippen LogP contribution in [0.15, 0.2) is 57.7 Å². The van der Waals surface area contributed by atoms with Crippen molar-refractivity contribution in [2.24, 2.45) is 0 Å². The van der Waals surface area contributed by atoms with E-state index in [-0.39, 0.29) is 6.61 Å². The number of hydrogen-bond acceptors (Lipinski definition) is 5. The number of aryl methyl sites for hydroxylation is 1. The molecule has 4 aromatic rings. The first-order valence-electron chi connectivity index (χ1n) is 8.00. The van der Waals surface area contributed by atoms with Crippen LogP contribution < -0.4 is 10.9 Å². The fraction of sp³-hybridized carbons (Fsp3) is 0.105. The first-order valence-corrected chi connectivity index (χ1v) is 8.00. The van der Waals surface area contributed by atoms with Crippen LogP contribution in [0.3, 0.4) is 0 Å². The van der Waals surface area contributed by atoms with Crippen molar-refractivity contribution in [2.75, 3.05) is 5.32 Å². The van der Waals surface area contributed by atoms with Gasteiger partial charge in [-0.1, -0.05) is 12.1 Å². The maximum atomic E-state index is 12.0. The summed E-state index contributed by atoms with van der Waals surface area (Å²) in [7, 11) is 0. The predicted molar refractivity (Wildman–Crippen MR) is 97.1 cm³/mol. The average molecular weight is 349 g/mol. The van der Waals surface area contributed by atoms with Crippen LogP contribution in [0.4, 0.5) is 10.5 Å². The van der Waals surface area contributed by atoms with Gasteiger partial charge in [0.2, 0.25) is 0 Å². The lowest BCUT2D eigenvalue weighted by molar-refractivity contribution is 0.152. The number of carbonyl (C=O) groups is 1. The highest BCUT2D eigenvalue weighted by Gasteiger charge is 2.09. The van der Waals surface area contributed by atoms with Crippen molar-refractivity contribution in [2.45, 2.75) is 13.5 Å². The van der Waals surface area contributed by atoms with Gasteiger partial charge in [-0.15, -0.1) is 0 Å². The zero-order chi connectivity index (χ0) is 18.1. The van der Waals surface area contributed by atoms with E-state index in [1.165, 1.54) is 6.07 Å². The number of hydrogen-bond donors (Lipinski definition) is 2. The van der Waals surface area contributed by atoms with Gasteiger partial charge < -0.3 is 14.1 Å². The second-order valence-electron chi connectivity index (χ2n) is 5.86. The number of H-pyrrole nitrogens is 1. The Morgan fingerprint density at radius 2 is 2.08 bits per heavy atom. The monoisotopic (exact) mass is 349 g/mol. The molecule has 26 heavy (non-hydrogen) atoms. The molecule has 0 radical (unpaired) electrons. The number of carbonyl (C=O) groups excluding carboxylic acids is 1. The van der Waals surface area contributed by atoms with Crippen LogP contribution in [-0.4, -0.2) is 16.1 Å². The van der Waals surface area contributed by atoms with E-state index in [1.807, 2.05) is 31.2 Å². The van der Waals surface area contributed by atoms with Gasteiger partial charge >= 0.3 is 11.7 Å². The normalized spacial score (nSPS) is 11.0. The largest absolute Gasteiger partial charge is 0.441 e. The number of ether oxygens (including phenoxy) is 1. The number of para-hydroxylation sites is 2. The van der Waals surface area contributed by atoms with Gasteiger partial charge in [0.05, 0.1) is 11.0 Å². The fourth-order valence-electron chi connectivity index (χ4n) is 2.76. The molecule has 0 aliphatic carbocycles. The van der Waals surface area contributed by atoms with E-state index in [9.17, 15) is 9.59 Å². The molecule has 2 aromatic heterocycles. The van der Waals surface area contributed by atoms with E-state index in [0.717, 1.165) is 22.0 Å². The zero-order valence-corrected chi connectivity index (χ0v) is 13.9. The third-order valence-corrected chi connectivity index (χ3v) is 3.98. The van der Waals surface area contributed by atoms with Crippen LogP contribution in [0.2, 0.25) is 0 Å². The van der Waals surface area contributed by atoms with Crippen molar-refractivity contribution in [3.8, 4) is 0 Å². The Hall–Kier alpha value is -3.61. The second kappa shape index (κ2) is 6.36. The maximum Gasteiger partial charge on any atom is 0.412 e. The van der Waals surface area contributed by atoms with E-state index in [2.05, 4.69) is 15.3 Å². The number of imidazole rings is 1. The minimum Gasteiger partial charge on any atom is -0.441 e. The maximum absolute atomic E-state index is 12.0. The summed E-state index contributed by atoms with van der Waals surface area (Å²) < 4.78 is 10.3. The third-order valence-electron chi connectivity index (χ3n) is 3.98. The zero-order valence-electron chi connectivity index (χ0n) is 13.9. The molecule has 0 atom stereocenters.